The van der Waals surface area contributed by atoms with Crippen LogP contribution in [0.5, 0.6) is 0 Å². The summed E-state index contributed by atoms with van der Waals surface area (Å²) in [6.45, 7) is 0. The van der Waals surface area contributed by atoms with E-state index in [4.69, 9.17) is 0 Å². The van der Waals surface area contributed by atoms with Gasteiger partial charge >= 0.3 is 61.8 Å². The molecule has 0 rings (SSSR count). The molecule has 0 amide bonds. The predicted octanol–water partition coefficient (Wildman–Crippen LogP) is 2.26. The van der Waals surface area contributed by atoms with E-state index >= 15 is 0 Å². The van der Waals surface area contributed by atoms with Crippen LogP contribution in [-0.4, -0.2) is 13.3 Å². The van der Waals surface area contributed by atoms with Gasteiger partial charge in [-0.25, -0.2) is 0 Å². The van der Waals surface area contributed by atoms with Crippen LogP contribution in [0.4, 0.5) is 0 Å². The Morgan fingerprint density at radius 3 is 1.71 bits per heavy atom. The summed E-state index contributed by atoms with van der Waals surface area (Å²) in [6.07, 6.45) is 0. The molecule has 0 aromatic rings. The van der Waals surface area contributed by atoms with Crippen molar-refractivity contribution in [1.29, 1.82) is 0 Å². The molecule has 7 heavy (non-hydrogen) atoms. The van der Waals surface area contributed by atoms with E-state index in [-0.39, 0.29) is 0 Å². The molecule has 0 radical (unpaired) electrons. The van der Waals surface area contributed by atoms with Gasteiger partial charge in [0.15, 0.2) is 0 Å². The summed E-state index contributed by atoms with van der Waals surface area (Å²) in [6, 6.07) is 0. The Labute approximate surface area is 61.6 Å². The molecule has 0 atom stereocenters. The van der Waals surface area contributed by atoms with Crippen molar-refractivity contribution >= 4 is 35.9 Å². The van der Waals surface area contributed by atoms with Crippen molar-refractivity contribution in [2.45, 2.75) is 17.3 Å². The molecular formula is C5H9GeI. The Morgan fingerprint density at radius 1 is 1.29 bits per heavy atom. The first-order valence-corrected chi connectivity index (χ1v) is 10.6. The van der Waals surface area contributed by atoms with E-state index in [2.05, 4.69) is 48.5 Å². The van der Waals surface area contributed by atoms with Gasteiger partial charge in [0.2, 0.25) is 0 Å². The van der Waals surface area contributed by atoms with Crippen LogP contribution >= 0.6 is 22.6 Å². The van der Waals surface area contributed by atoms with Gasteiger partial charge in [-0.05, 0) is 0 Å². The minimum absolute atomic E-state index is 1.45. The topological polar surface area (TPSA) is 0 Å². The standard InChI is InChI=1S/C5H9GeI/c1-6(2,3)4-5-7/h1-3H3. The molecule has 0 nitrogen and oxygen atoms in total. The molecule has 0 aromatic heterocycles. The SMILES string of the molecule is [CH3][Ge]([CH3])([CH3])[C]#CI. The Kier molecular flexibility index (Phi) is 3.33. The number of rotatable bonds is 0. The second-order valence-electron chi connectivity index (χ2n) is 2.47. The molecule has 0 unspecified atom stereocenters. The Morgan fingerprint density at radius 2 is 1.71 bits per heavy atom. The molecule has 0 aliphatic rings. The summed E-state index contributed by atoms with van der Waals surface area (Å²) in [5.74, 6) is 6.85. The first kappa shape index (κ1) is 7.83. The van der Waals surface area contributed by atoms with Gasteiger partial charge in [0.1, 0.15) is 0 Å². The Balaban J connectivity index is 3.72. The van der Waals surface area contributed by atoms with Crippen LogP contribution in [0.3, 0.4) is 0 Å². The van der Waals surface area contributed by atoms with E-state index in [1.807, 2.05) is 0 Å². The fourth-order valence-electron chi connectivity index (χ4n) is 0.142. The van der Waals surface area contributed by atoms with Crippen molar-refractivity contribution in [3.63, 3.8) is 0 Å². The van der Waals surface area contributed by atoms with Crippen LogP contribution in [0.15, 0.2) is 0 Å². The summed E-state index contributed by atoms with van der Waals surface area (Å²) in [5, 5.41) is 0. The number of halogens is 1. The molecule has 0 aliphatic carbocycles. The number of hydrogen-bond donors (Lipinski definition) is 0. The van der Waals surface area contributed by atoms with Gasteiger partial charge in [0.05, 0.1) is 0 Å². The first-order valence-electron chi connectivity index (χ1n) is 2.19. The van der Waals surface area contributed by atoms with Gasteiger partial charge in [-0.15, -0.1) is 0 Å². The van der Waals surface area contributed by atoms with Crippen LogP contribution in [0, 0.1) is 8.68 Å². The van der Waals surface area contributed by atoms with Gasteiger partial charge in [0.25, 0.3) is 0 Å². The Bertz CT molecular complexity index is 101. The van der Waals surface area contributed by atoms with Crippen LogP contribution in [0.1, 0.15) is 0 Å². The maximum atomic E-state index is 3.21. The van der Waals surface area contributed by atoms with Crippen LogP contribution in [0.25, 0.3) is 0 Å². The van der Waals surface area contributed by atoms with Gasteiger partial charge < -0.3 is 0 Å². The molecule has 0 saturated heterocycles. The molecule has 0 bridgehead atoms. The fraction of sp³-hybridized carbons (Fsp3) is 0.600. The first-order chi connectivity index (χ1) is 3.06. The van der Waals surface area contributed by atoms with Crippen molar-refractivity contribution in [2.24, 2.45) is 0 Å². The zero-order valence-electron chi connectivity index (χ0n) is 4.88. The van der Waals surface area contributed by atoms with E-state index in [9.17, 15) is 0 Å². The average molecular weight is 269 g/mol. The van der Waals surface area contributed by atoms with Crippen LogP contribution in [0.2, 0.25) is 17.3 Å². The molecule has 0 aliphatic heterocycles. The summed E-state index contributed by atoms with van der Waals surface area (Å²) in [5.41, 5.74) is 0. The van der Waals surface area contributed by atoms with Crippen molar-refractivity contribution in [3.8, 4) is 8.68 Å². The minimum atomic E-state index is -1.45. The molecule has 2 heteroatoms. The van der Waals surface area contributed by atoms with Crippen LogP contribution < -0.4 is 0 Å². The normalized spacial score (nSPS) is 9.71. The summed E-state index contributed by atoms with van der Waals surface area (Å²) in [4.78, 5) is 0. The second kappa shape index (κ2) is 2.98. The molecule has 0 saturated carbocycles. The molecule has 0 aromatic carbocycles. The molecule has 0 fully saturated rings. The summed E-state index contributed by atoms with van der Waals surface area (Å²) in [7, 11) is 0. The van der Waals surface area contributed by atoms with Gasteiger partial charge in [-0.2, -0.15) is 0 Å². The van der Waals surface area contributed by atoms with E-state index in [1.54, 1.807) is 0 Å². The maximum absolute atomic E-state index is 3.21. The van der Waals surface area contributed by atoms with Crippen molar-refractivity contribution in [3.05, 3.63) is 0 Å². The van der Waals surface area contributed by atoms with Crippen molar-refractivity contribution in [2.75, 3.05) is 0 Å². The van der Waals surface area contributed by atoms with Crippen molar-refractivity contribution in [1.82, 2.24) is 0 Å². The fourth-order valence-corrected chi connectivity index (χ4v) is 4.94. The number of hydrogen-bond acceptors (Lipinski definition) is 0. The third-order valence-corrected chi connectivity index (χ3v) is 3.60. The summed E-state index contributed by atoms with van der Waals surface area (Å²) < 4.78 is 6.12. The zero-order valence-corrected chi connectivity index (χ0v) is 9.13. The second-order valence-corrected chi connectivity index (χ2v) is 13.0. The monoisotopic (exact) mass is 270 g/mol. The van der Waals surface area contributed by atoms with Crippen molar-refractivity contribution < 1.29 is 0 Å². The van der Waals surface area contributed by atoms with E-state index in [0.717, 1.165) is 0 Å². The third-order valence-electron chi connectivity index (χ3n) is 0.422. The van der Waals surface area contributed by atoms with E-state index in [1.165, 1.54) is 0 Å². The molecule has 0 N–H and O–H groups in total. The summed E-state index contributed by atoms with van der Waals surface area (Å²) >= 11 is 0.650. The zero-order chi connectivity index (χ0) is 5.91. The molecular weight excluding hydrogens is 260 g/mol. The van der Waals surface area contributed by atoms with E-state index in [0.29, 0.717) is 0 Å². The molecule has 0 spiro atoms. The predicted molar refractivity (Wildman–Crippen MR) is 45.1 cm³/mol. The van der Waals surface area contributed by atoms with Crippen LogP contribution in [-0.2, 0) is 0 Å². The van der Waals surface area contributed by atoms with Gasteiger partial charge in [0, 0.05) is 0 Å². The average Bonchev–Trinajstić information content (AvgIpc) is 1.30. The quantitative estimate of drug-likeness (QED) is 0.359. The molecule has 0 heterocycles. The third kappa shape index (κ3) is 6.83. The Hall–Kier alpha value is 0.833. The van der Waals surface area contributed by atoms with Gasteiger partial charge in [-0.3, -0.25) is 0 Å². The van der Waals surface area contributed by atoms with Gasteiger partial charge in [-0.1, -0.05) is 0 Å². The van der Waals surface area contributed by atoms with E-state index < -0.39 is 13.3 Å². The molecule has 40 valence electrons.